The minimum Gasteiger partial charge on any atom is -0.480 e. The zero-order chi connectivity index (χ0) is 17.6. The van der Waals surface area contributed by atoms with Crippen molar-refractivity contribution in [1.82, 2.24) is 5.32 Å². The summed E-state index contributed by atoms with van der Waals surface area (Å²) in [5.74, 6) is -0.570. The SMILES string of the molecule is O=C(COc1ccccc1Cl)OC(C(=O)NC1CC1)c1ccccc1. The first kappa shape index (κ1) is 17.3. The molecule has 2 aromatic rings. The van der Waals surface area contributed by atoms with Crippen molar-refractivity contribution in [3.8, 4) is 5.75 Å². The number of ether oxygens (including phenoxy) is 2. The molecule has 1 N–H and O–H groups in total. The Hall–Kier alpha value is -2.53. The lowest BCUT2D eigenvalue weighted by Crippen LogP contribution is -2.34. The third-order valence-corrected chi connectivity index (χ3v) is 4.01. The largest absolute Gasteiger partial charge is 0.480 e. The number of rotatable bonds is 7. The van der Waals surface area contributed by atoms with Gasteiger partial charge in [0.1, 0.15) is 5.75 Å². The number of halogens is 1. The molecule has 25 heavy (non-hydrogen) atoms. The summed E-state index contributed by atoms with van der Waals surface area (Å²) in [5, 5.41) is 3.27. The number of hydrogen-bond donors (Lipinski definition) is 1. The Morgan fingerprint density at radius 2 is 1.76 bits per heavy atom. The van der Waals surface area contributed by atoms with Crippen molar-refractivity contribution < 1.29 is 19.1 Å². The third kappa shape index (κ3) is 4.97. The number of esters is 1. The molecule has 1 aliphatic carbocycles. The van der Waals surface area contributed by atoms with E-state index in [0.29, 0.717) is 16.3 Å². The van der Waals surface area contributed by atoms with Crippen LogP contribution in [0.1, 0.15) is 24.5 Å². The first-order valence-electron chi connectivity index (χ1n) is 8.05. The molecular formula is C19H18ClNO4. The van der Waals surface area contributed by atoms with Gasteiger partial charge in [0.2, 0.25) is 6.10 Å². The molecule has 0 saturated heterocycles. The molecular weight excluding hydrogens is 342 g/mol. The van der Waals surface area contributed by atoms with Crippen LogP contribution in [0.2, 0.25) is 5.02 Å². The first-order chi connectivity index (χ1) is 12.1. The van der Waals surface area contributed by atoms with Gasteiger partial charge in [0.15, 0.2) is 6.61 Å². The van der Waals surface area contributed by atoms with E-state index in [2.05, 4.69) is 5.32 Å². The quantitative estimate of drug-likeness (QED) is 0.770. The number of carbonyl (C=O) groups is 2. The normalized spacial score (nSPS) is 14.4. The van der Waals surface area contributed by atoms with Crippen LogP contribution in [0.5, 0.6) is 5.75 Å². The summed E-state index contributed by atoms with van der Waals surface area (Å²) < 4.78 is 10.7. The number of carbonyl (C=O) groups excluding carboxylic acids is 2. The van der Waals surface area contributed by atoms with E-state index in [4.69, 9.17) is 21.1 Å². The molecule has 130 valence electrons. The molecule has 2 aromatic carbocycles. The van der Waals surface area contributed by atoms with Crippen LogP contribution >= 0.6 is 11.6 Å². The molecule has 0 radical (unpaired) electrons. The van der Waals surface area contributed by atoms with Gasteiger partial charge >= 0.3 is 5.97 Å². The molecule has 0 bridgehead atoms. The molecule has 1 amide bonds. The van der Waals surface area contributed by atoms with Crippen molar-refractivity contribution in [3.05, 3.63) is 65.2 Å². The van der Waals surface area contributed by atoms with Crippen LogP contribution in [0, 0.1) is 0 Å². The second-order valence-electron chi connectivity index (χ2n) is 5.78. The van der Waals surface area contributed by atoms with Crippen LogP contribution in [-0.4, -0.2) is 24.5 Å². The van der Waals surface area contributed by atoms with Gasteiger partial charge in [0.25, 0.3) is 5.91 Å². The molecule has 0 aromatic heterocycles. The Morgan fingerprint density at radius 1 is 1.08 bits per heavy atom. The summed E-state index contributed by atoms with van der Waals surface area (Å²) >= 11 is 5.98. The van der Waals surface area contributed by atoms with Crippen LogP contribution in [0.15, 0.2) is 54.6 Å². The average Bonchev–Trinajstić information content (AvgIpc) is 3.43. The topological polar surface area (TPSA) is 64.6 Å². The van der Waals surface area contributed by atoms with E-state index in [1.54, 1.807) is 48.5 Å². The molecule has 0 spiro atoms. The van der Waals surface area contributed by atoms with Crippen molar-refractivity contribution in [2.75, 3.05) is 6.61 Å². The maximum Gasteiger partial charge on any atom is 0.345 e. The highest BCUT2D eigenvalue weighted by atomic mass is 35.5. The third-order valence-electron chi connectivity index (χ3n) is 3.70. The Bertz CT molecular complexity index is 746. The highest BCUT2D eigenvalue weighted by Crippen LogP contribution is 2.25. The summed E-state index contributed by atoms with van der Waals surface area (Å²) in [6.07, 6.45) is 0.914. The Kier molecular flexibility index (Phi) is 5.56. The Balaban J connectivity index is 1.63. The van der Waals surface area contributed by atoms with E-state index in [1.165, 1.54) is 0 Å². The van der Waals surface area contributed by atoms with Crippen molar-refractivity contribution in [1.29, 1.82) is 0 Å². The standard InChI is InChI=1S/C19H18ClNO4/c20-15-8-4-5-9-16(15)24-12-17(22)25-18(13-6-2-1-3-7-13)19(23)21-14-10-11-14/h1-9,14,18H,10-12H2,(H,21,23). The second kappa shape index (κ2) is 8.03. The molecule has 1 unspecified atom stereocenters. The maximum absolute atomic E-state index is 12.4. The summed E-state index contributed by atoms with van der Waals surface area (Å²) in [7, 11) is 0. The fourth-order valence-corrected chi connectivity index (χ4v) is 2.46. The van der Waals surface area contributed by atoms with Crippen molar-refractivity contribution in [2.45, 2.75) is 25.0 Å². The minimum atomic E-state index is -0.996. The van der Waals surface area contributed by atoms with Crippen LogP contribution in [0.4, 0.5) is 0 Å². The zero-order valence-corrected chi connectivity index (χ0v) is 14.2. The van der Waals surface area contributed by atoms with Gasteiger partial charge in [-0.15, -0.1) is 0 Å². The first-order valence-corrected chi connectivity index (χ1v) is 8.43. The van der Waals surface area contributed by atoms with Gasteiger partial charge in [-0.25, -0.2) is 4.79 Å². The average molecular weight is 360 g/mol. The lowest BCUT2D eigenvalue weighted by molar-refractivity contribution is -0.158. The smallest absolute Gasteiger partial charge is 0.345 e. The van der Waals surface area contributed by atoms with Crippen molar-refractivity contribution in [3.63, 3.8) is 0 Å². The van der Waals surface area contributed by atoms with E-state index >= 15 is 0 Å². The predicted molar refractivity (Wildman–Crippen MR) is 93.4 cm³/mol. The molecule has 3 rings (SSSR count). The lowest BCUT2D eigenvalue weighted by atomic mass is 10.1. The maximum atomic E-state index is 12.4. The summed E-state index contributed by atoms with van der Waals surface area (Å²) in [6, 6.07) is 15.9. The van der Waals surface area contributed by atoms with Gasteiger partial charge < -0.3 is 14.8 Å². The number of para-hydroxylation sites is 1. The zero-order valence-electron chi connectivity index (χ0n) is 13.5. The van der Waals surface area contributed by atoms with Gasteiger partial charge in [0, 0.05) is 11.6 Å². The van der Waals surface area contributed by atoms with Crippen LogP contribution < -0.4 is 10.1 Å². The predicted octanol–water partition coefficient (Wildman–Crippen LogP) is 3.28. The molecule has 0 heterocycles. The van der Waals surface area contributed by atoms with Crippen LogP contribution in [-0.2, 0) is 14.3 Å². The monoisotopic (exact) mass is 359 g/mol. The second-order valence-corrected chi connectivity index (χ2v) is 6.19. The minimum absolute atomic E-state index is 0.178. The van der Waals surface area contributed by atoms with E-state index in [-0.39, 0.29) is 18.6 Å². The van der Waals surface area contributed by atoms with Crippen LogP contribution in [0.3, 0.4) is 0 Å². The number of amides is 1. The Morgan fingerprint density at radius 3 is 2.44 bits per heavy atom. The summed E-state index contributed by atoms with van der Waals surface area (Å²) in [4.78, 5) is 24.6. The van der Waals surface area contributed by atoms with Crippen molar-refractivity contribution >= 4 is 23.5 Å². The number of benzene rings is 2. The molecule has 6 heteroatoms. The van der Waals surface area contributed by atoms with Gasteiger partial charge in [-0.2, -0.15) is 0 Å². The molecule has 1 atom stereocenters. The van der Waals surface area contributed by atoms with Gasteiger partial charge in [0.05, 0.1) is 5.02 Å². The highest BCUT2D eigenvalue weighted by Gasteiger charge is 2.30. The van der Waals surface area contributed by atoms with Gasteiger partial charge in [-0.1, -0.05) is 54.1 Å². The van der Waals surface area contributed by atoms with E-state index in [0.717, 1.165) is 12.8 Å². The molecule has 0 aliphatic heterocycles. The number of hydrogen-bond acceptors (Lipinski definition) is 4. The number of nitrogens with one attached hydrogen (secondary N) is 1. The summed E-state index contributed by atoms with van der Waals surface area (Å²) in [6.45, 7) is -0.330. The molecule has 1 aliphatic rings. The van der Waals surface area contributed by atoms with Crippen LogP contribution in [0.25, 0.3) is 0 Å². The molecule has 1 fully saturated rings. The molecule has 1 saturated carbocycles. The van der Waals surface area contributed by atoms with E-state index < -0.39 is 12.1 Å². The fraction of sp³-hybridized carbons (Fsp3) is 0.263. The van der Waals surface area contributed by atoms with Gasteiger partial charge in [-0.3, -0.25) is 4.79 Å². The fourth-order valence-electron chi connectivity index (χ4n) is 2.27. The lowest BCUT2D eigenvalue weighted by Gasteiger charge is -2.18. The Labute approximate surface area is 150 Å². The van der Waals surface area contributed by atoms with E-state index in [1.807, 2.05) is 6.07 Å². The summed E-state index contributed by atoms with van der Waals surface area (Å²) in [5.41, 5.74) is 0.617. The van der Waals surface area contributed by atoms with Crippen molar-refractivity contribution in [2.24, 2.45) is 0 Å². The molecule has 5 nitrogen and oxygen atoms in total. The highest BCUT2D eigenvalue weighted by molar-refractivity contribution is 6.32. The van der Waals surface area contributed by atoms with Gasteiger partial charge in [-0.05, 0) is 25.0 Å². The van der Waals surface area contributed by atoms with E-state index in [9.17, 15) is 9.59 Å².